The summed E-state index contributed by atoms with van der Waals surface area (Å²) < 4.78 is 0. The Kier molecular flexibility index (Phi) is 6.62. The number of thiazole rings is 1. The van der Waals surface area contributed by atoms with E-state index >= 15 is 0 Å². The van der Waals surface area contributed by atoms with Crippen LogP contribution < -0.4 is 5.32 Å². The van der Waals surface area contributed by atoms with Crippen LogP contribution in [0.2, 0.25) is 0 Å². The summed E-state index contributed by atoms with van der Waals surface area (Å²) >= 11 is 1.26. The van der Waals surface area contributed by atoms with Gasteiger partial charge in [-0.25, -0.2) is 14.6 Å². The van der Waals surface area contributed by atoms with Gasteiger partial charge in [-0.15, -0.1) is 11.3 Å². The Hall–Kier alpha value is -2.14. The van der Waals surface area contributed by atoms with Crippen molar-refractivity contribution in [2.24, 2.45) is 0 Å². The summed E-state index contributed by atoms with van der Waals surface area (Å²) in [5, 5.41) is 22.3. The number of amides is 2. The lowest BCUT2D eigenvalue weighted by Crippen LogP contribution is -2.45. The average molecular weight is 310 g/mol. The molecule has 0 fully saturated rings. The number of hydrogen-bond acceptors (Lipinski definition) is 5. The van der Waals surface area contributed by atoms with E-state index < -0.39 is 5.97 Å². The molecular formula is C13H18N4O3S. The van der Waals surface area contributed by atoms with E-state index in [1.54, 1.807) is 4.90 Å². The molecule has 0 aliphatic rings. The molecule has 2 N–H and O–H groups in total. The van der Waals surface area contributed by atoms with Gasteiger partial charge in [0.1, 0.15) is 0 Å². The van der Waals surface area contributed by atoms with Crippen molar-refractivity contribution in [2.45, 2.75) is 32.7 Å². The van der Waals surface area contributed by atoms with Crippen molar-refractivity contribution >= 4 is 23.3 Å². The van der Waals surface area contributed by atoms with Gasteiger partial charge in [0, 0.05) is 30.9 Å². The minimum absolute atomic E-state index is 0.0109. The smallest absolute Gasteiger partial charge is 0.355 e. The molecule has 0 aliphatic carbocycles. The van der Waals surface area contributed by atoms with Gasteiger partial charge >= 0.3 is 12.0 Å². The molecule has 21 heavy (non-hydrogen) atoms. The third-order valence-electron chi connectivity index (χ3n) is 2.73. The number of carboxylic acids is 1. The Morgan fingerprint density at radius 1 is 1.57 bits per heavy atom. The van der Waals surface area contributed by atoms with Crippen LogP contribution in [0.1, 0.15) is 35.8 Å². The van der Waals surface area contributed by atoms with Gasteiger partial charge in [-0.2, -0.15) is 5.26 Å². The zero-order chi connectivity index (χ0) is 15.8. The van der Waals surface area contributed by atoms with E-state index in [1.165, 1.54) is 16.7 Å². The van der Waals surface area contributed by atoms with E-state index in [1.807, 2.05) is 19.9 Å². The molecule has 0 aliphatic heterocycles. The Labute approximate surface area is 127 Å². The first-order chi connectivity index (χ1) is 9.95. The number of nitriles is 1. The second-order valence-electron chi connectivity index (χ2n) is 4.61. The molecular weight excluding hydrogens is 292 g/mol. The van der Waals surface area contributed by atoms with Gasteiger partial charge in [0.2, 0.25) is 0 Å². The summed E-state index contributed by atoms with van der Waals surface area (Å²) in [6.07, 6.45) is 0.772. The number of hydrogen-bond donors (Lipinski definition) is 2. The van der Waals surface area contributed by atoms with E-state index in [4.69, 9.17) is 10.4 Å². The molecule has 1 aromatic rings. The molecule has 0 radical (unpaired) electrons. The summed E-state index contributed by atoms with van der Waals surface area (Å²) in [6.45, 7) is 4.54. The second-order valence-corrected chi connectivity index (χ2v) is 5.55. The average Bonchev–Trinajstić information content (AvgIpc) is 2.88. The molecule has 1 aromatic heterocycles. The molecule has 0 saturated heterocycles. The van der Waals surface area contributed by atoms with E-state index in [2.05, 4.69) is 10.3 Å². The topological polar surface area (TPSA) is 106 Å². The van der Waals surface area contributed by atoms with Crippen LogP contribution in [0, 0.1) is 11.3 Å². The van der Waals surface area contributed by atoms with Crippen LogP contribution in [0.3, 0.4) is 0 Å². The van der Waals surface area contributed by atoms with Crippen molar-refractivity contribution in [1.29, 1.82) is 5.26 Å². The van der Waals surface area contributed by atoms with Crippen LogP contribution >= 0.6 is 11.3 Å². The lowest BCUT2D eigenvalue weighted by molar-refractivity contribution is 0.0691. The van der Waals surface area contributed by atoms with Gasteiger partial charge in [-0.05, 0) is 13.8 Å². The molecule has 1 heterocycles. The SMILES string of the molecule is CC(C)N(CCC#N)C(=O)NCCc1nc(C(=O)O)cs1. The van der Waals surface area contributed by atoms with Gasteiger partial charge in [0.05, 0.1) is 17.5 Å². The maximum atomic E-state index is 12.0. The number of carbonyl (C=O) groups is 2. The van der Waals surface area contributed by atoms with Gasteiger partial charge in [0.15, 0.2) is 5.69 Å². The predicted molar refractivity (Wildman–Crippen MR) is 78.2 cm³/mol. The Morgan fingerprint density at radius 3 is 2.81 bits per heavy atom. The maximum Gasteiger partial charge on any atom is 0.355 e. The molecule has 0 atom stereocenters. The second kappa shape index (κ2) is 8.21. The summed E-state index contributed by atoms with van der Waals surface area (Å²) in [4.78, 5) is 28.2. The van der Waals surface area contributed by atoms with Crippen molar-refractivity contribution in [3.05, 3.63) is 16.1 Å². The lowest BCUT2D eigenvalue weighted by atomic mass is 10.3. The van der Waals surface area contributed by atoms with Crippen LogP contribution in [0.4, 0.5) is 4.79 Å². The number of urea groups is 1. The molecule has 114 valence electrons. The van der Waals surface area contributed by atoms with Crippen LogP contribution in [0.25, 0.3) is 0 Å². The first kappa shape index (κ1) is 16.9. The number of aromatic nitrogens is 1. The minimum Gasteiger partial charge on any atom is -0.476 e. The normalized spacial score (nSPS) is 10.2. The van der Waals surface area contributed by atoms with E-state index in [0.29, 0.717) is 30.9 Å². The number of nitrogens with zero attached hydrogens (tertiary/aromatic N) is 3. The van der Waals surface area contributed by atoms with Gasteiger partial charge in [-0.1, -0.05) is 0 Å². The van der Waals surface area contributed by atoms with Crippen LogP contribution in [-0.2, 0) is 6.42 Å². The summed E-state index contributed by atoms with van der Waals surface area (Å²) in [6, 6.07) is 1.80. The molecule has 0 bridgehead atoms. The summed E-state index contributed by atoms with van der Waals surface area (Å²) in [5.41, 5.74) is 0.0270. The highest BCUT2D eigenvalue weighted by Gasteiger charge is 2.16. The first-order valence-electron chi connectivity index (χ1n) is 6.54. The van der Waals surface area contributed by atoms with Crippen LogP contribution in [0.15, 0.2) is 5.38 Å². The van der Waals surface area contributed by atoms with E-state index in [-0.39, 0.29) is 17.8 Å². The molecule has 0 spiro atoms. The quantitative estimate of drug-likeness (QED) is 0.797. The number of carboxylic acid groups (broad SMARTS) is 1. The van der Waals surface area contributed by atoms with Gasteiger partial charge < -0.3 is 15.3 Å². The Morgan fingerprint density at radius 2 is 2.29 bits per heavy atom. The fraction of sp³-hybridized carbons (Fsp3) is 0.538. The van der Waals surface area contributed by atoms with Crippen LogP contribution in [0.5, 0.6) is 0 Å². The highest BCUT2D eigenvalue weighted by molar-refractivity contribution is 7.09. The van der Waals surface area contributed by atoms with Crippen molar-refractivity contribution in [1.82, 2.24) is 15.2 Å². The third-order valence-corrected chi connectivity index (χ3v) is 3.64. The first-order valence-corrected chi connectivity index (χ1v) is 7.42. The summed E-state index contributed by atoms with van der Waals surface area (Å²) in [7, 11) is 0. The van der Waals surface area contributed by atoms with E-state index in [0.717, 1.165) is 0 Å². The monoisotopic (exact) mass is 310 g/mol. The molecule has 2 amide bonds. The van der Waals surface area contributed by atoms with E-state index in [9.17, 15) is 9.59 Å². The van der Waals surface area contributed by atoms with Crippen LogP contribution in [-0.4, -0.2) is 46.1 Å². The number of carbonyl (C=O) groups excluding carboxylic acids is 1. The molecule has 1 rings (SSSR count). The van der Waals surface area contributed by atoms with Gasteiger partial charge in [-0.3, -0.25) is 0 Å². The number of aromatic carboxylic acids is 1. The fourth-order valence-corrected chi connectivity index (χ4v) is 2.44. The highest BCUT2D eigenvalue weighted by atomic mass is 32.1. The van der Waals surface area contributed by atoms with Crippen molar-refractivity contribution in [3.63, 3.8) is 0 Å². The van der Waals surface area contributed by atoms with Crippen molar-refractivity contribution in [2.75, 3.05) is 13.1 Å². The predicted octanol–water partition coefficient (Wildman–Crippen LogP) is 1.72. The largest absolute Gasteiger partial charge is 0.476 e. The molecule has 0 unspecified atom stereocenters. The molecule has 8 heteroatoms. The Balaban J connectivity index is 2.44. The zero-order valence-corrected chi connectivity index (χ0v) is 12.8. The minimum atomic E-state index is -1.05. The Bertz CT molecular complexity index is 536. The molecule has 7 nitrogen and oxygen atoms in total. The lowest BCUT2D eigenvalue weighted by Gasteiger charge is -2.25. The summed E-state index contributed by atoms with van der Waals surface area (Å²) in [5.74, 6) is -1.05. The molecule has 0 saturated carbocycles. The highest BCUT2D eigenvalue weighted by Crippen LogP contribution is 2.10. The standard InChI is InChI=1S/C13H18N4O3S/c1-9(2)17(7-3-5-14)13(20)15-6-4-11-16-10(8-21-11)12(18)19/h8-9H,3-4,6-7H2,1-2H3,(H,15,20)(H,18,19). The van der Waals surface area contributed by atoms with Crippen molar-refractivity contribution < 1.29 is 14.7 Å². The zero-order valence-electron chi connectivity index (χ0n) is 12.0. The fourth-order valence-electron chi connectivity index (χ4n) is 1.67. The number of rotatable bonds is 7. The van der Waals surface area contributed by atoms with Crippen molar-refractivity contribution in [3.8, 4) is 6.07 Å². The van der Waals surface area contributed by atoms with Gasteiger partial charge in [0.25, 0.3) is 0 Å². The third kappa shape index (κ3) is 5.39. The maximum absolute atomic E-state index is 12.0. The molecule has 0 aromatic carbocycles. The number of nitrogens with one attached hydrogen (secondary N) is 1.